The van der Waals surface area contributed by atoms with Gasteiger partial charge in [0.15, 0.2) is 5.65 Å². The maximum absolute atomic E-state index is 15.2. The van der Waals surface area contributed by atoms with Crippen LogP contribution in [0.2, 0.25) is 0 Å². The molecule has 2 unspecified atom stereocenters. The fourth-order valence-corrected chi connectivity index (χ4v) is 10.1. The number of hydrogen-bond acceptors (Lipinski definition) is 13. The van der Waals surface area contributed by atoms with Crippen LogP contribution in [0.3, 0.4) is 0 Å². The second-order valence-electron chi connectivity index (χ2n) is 16.7. The van der Waals surface area contributed by atoms with Gasteiger partial charge in [0.25, 0.3) is 11.8 Å². The second-order valence-corrected chi connectivity index (χ2v) is 16.7. The molecule has 5 amide bonds. The van der Waals surface area contributed by atoms with Gasteiger partial charge in [-0.3, -0.25) is 34.2 Å². The average molecular weight is 838 g/mol. The van der Waals surface area contributed by atoms with Crippen LogP contribution in [0.15, 0.2) is 79.1 Å². The van der Waals surface area contributed by atoms with E-state index in [1.54, 1.807) is 12.1 Å². The topological polar surface area (TPSA) is 210 Å². The number of imide groups is 2. The van der Waals surface area contributed by atoms with Gasteiger partial charge in [0, 0.05) is 50.7 Å². The lowest BCUT2D eigenvalue weighted by Crippen LogP contribution is -2.65. The number of para-hydroxylation sites is 1. The number of nitrogens with zero attached hydrogens (tertiary/aromatic N) is 7. The number of aromatic nitrogens is 4. The first-order valence-electron chi connectivity index (χ1n) is 21.4. The molecule has 5 aliphatic heterocycles. The van der Waals surface area contributed by atoms with Crippen molar-refractivity contribution in [2.24, 2.45) is 5.41 Å². The Morgan fingerprint density at radius 1 is 0.839 bits per heavy atom. The number of hydrogen-bond donors (Lipinski definition) is 4. The number of nitrogen functional groups attached to an aromatic ring is 1. The molecule has 4 fully saturated rings. The van der Waals surface area contributed by atoms with Gasteiger partial charge < -0.3 is 30.9 Å². The molecule has 5 N–H and O–H groups in total. The van der Waals surface area contributed by atoms with Gasteiger partial charge >= 0.3 is 0 Å². The zero-order valence-corrected chi connectivity index (χ0v) is 34.1. The van der Waals surface area contributed by atoms with Crippen molar-refractivity contribution in [3.63, 3.8) is 0 Å². The summed E-state index contributed by atoms with van der Waals surface area (Å²) in [7, 11) is 0. The highest BCUT2D eigenvalue weighted by Gasteiger charge is 2.51. The van der Waals surface area contributed by atoms with Crippen LogP contribution < -0.4 is 31.3 Å². The summed E-state index contributed by atoms with van der Waals surface area (Å²) in [6.45, 7) is 3.92. The van der Waals surface area contributed by atoms with Crippen LogP contribution in [-0.4, -0.2) is 117 Å². The Labute approximate surface area is 357 Å². The quantitative estimate of drug-likeness (QED) is 0.166. The number of nitrogens with one attached hydrogen (secondary N) is 3. The number of ether oxygens (including phenoxy) is 1. The van der Waals surface area contributed by atoms with E-state index in [1.807, 2.05) is 70.2 Å². The third kappa shape index (κ3) is 6.81. The molecule has 0 bridgehead atoms. The van der Waals surface area contributed by atoms with E-state index in [0.717, 1.165) is 29.1 Å². The molecule has 0 aliphatic carbocycles. The minimum absolute atomic E-state index is 0.0436. The molecule has 0 spiro atoms. The second kappa shape index (κ2) is 16.0. The number of fused-ring (bicyclic) bond motifs is 2. The average Bonchev–Trinajstić information content (AvgIpc) is 3.82. The largest absolute Gasteiger partial charge is 0.457 e. The molecule has 62 heavy (non-hydrogen) atoms. The predicted molar refractivity (Wildman–Crippen MR) is 228 cm³/mol. The number of nitrogens with two attached hydrogens (primary N) is 1. The number of benzene rings is 3. The highest BCUT2D eigenvalue weighted by atomic mass is 16.5. The van der Waals surface area contributed by atoms with Gasteiger partial charge in [-0.05, 0) is 93.7 Å². The van der Waals surface area contributed by atoms with Crippen molar-refractivity contribution < 1.29 is 28.7 Å². The summed E-state index contributed by atoms with van der Waals surface area (Å²) < 4.78 is 7.95. The van der Waals surface area contributed by atoms with Crippen molar-refractivity contribution >= 4 is 52.1 Å². The molecule has 3 aromatic carbocycles. The molecule has 5 aliphatic rings. The standard InChI is InChI=1S/C45H47N11O6/c46-39-37-38(27-11-13-30(14-12-27)62-29-7-2-1-3-8-29)52-56(40(37)50-26-49-39)28-6-5-22-54(24-28)44(61)45(17-19-47-20-18-45)34-25-53(23-21-48-34)32-10-4-9-31-36(32)43(60)55(42(31)59)33-15-16-35(57)51-41(33)58/h1-4,7-14,26,28,33-34,47-48H,5-6,15-25H2,(H2,46,49,50)(H,51,57,58)/t28-,33?,34?/m1/s1. The Morgan fingerprint density at radius 2 is 1.63 bits per heavy atom. The number of carbonyl (C=O) groups excluding carboxylic acids is 5. The van der Waals surface area contributed by atoms with E-state index in [-0.39, 0.29) is 42.0 Å². The van der Waals surface area contributed by atoms with Crippen LogP contribution in [0.25, 0.3) is 22.3 Å². The summed E-state index contributed by atoms with van der Waals surface area (Å²) in [5.41, 5.74) is 8.93. The van der Waals surface area contributed by atoms with E-state index < -0.39 is 35.1 Å². The Hall–Kier alpha value is -6.72. The lowest BCUT2D eigenvalue weighted by atomic mass is 9.70. The Kier molecular flexibility index (Phi) is 10.1. The van der Waals surface area contributed by atoms with Gasteiger partial charge in [-0.15, -0.1) is 0 Å². The summed E-state index contributed by atoms with van der Waals surface area (Å²) in [5, 5.41) is 15.2. The van der Waals surface area contributed by atoms with Crippen molar-refractivity contribution in [1.29, 1.82) is 0 Å². The third-order valence-electron chi connectivity index (χ3n) is 13.2. The normalized spacial score (nSPS) is 22.8. The molecule has 2 aromatic heterocycles. The summed E-state index contributed by atoms with van der Waals surface area (Å²) >= 11 is 0. The van der Waals surface area contributed by atoms with Crippen molar-refractivity contribution in [3.8, 4) is 22.8 Å². The molecular formula is C45H47N11O6. The van der Waals surface area contributed by atoms with Crippen molar-refractivity contribution in [1.82, 2.24) is 45.5 Å². The number of amides is 5. The van der Waals surface area contributed by atoms with E-state index in [2.05, 4.69) is 30.8 Å². The molecule has 0 saturated carbocycles. The number of rotatable bonds is 8. The molecule has 318 valence electrons. The predicted octanol–water partition coefficient (Wildman–Crippen LogP) is 3.28. The Morgan fingerprint density at radius 3 is 2.42 bits per heavy atom. The smallest absolute Gasteiger partial charge is 0.264 e. The number of carbonyl (C=O) groups is 5. The van der Waals surface area contributed by atoms with Gasteiger partial charge in [-0.25, -0.2) is 14.6 Å². The van der Waals surface area contributed by atoms with Crippen LogP contribution in [0.1, 0.15) is 65.3 Å². The van der Waals surface area contributed by atoms with Gasteiger partial charge in [-0.1, -0.05) is 24.3 Å². The van der Waals surface area contributed by atoms with Crippen molar-refractivity contribution in [3.05, 3.63) is 90.3 Å². The third-order valence-corrected chi connectivity index (χ3v) is 13.2. The minimum atomic E-state index is -1.06. The Bertz CT molecular complexity index is 2590. The molecule has 7 heterocycles. The first-order chi connectivity index (χ1) is 30.2. The number of piperazine rings is 1. The summed E-state index contributed by atoms with van der Waals surface area (Å²) in [6.07, 6.45) is 4.37. The number of piperidine rings is 3. The molecule has 5 aromatic rings. The number of anilines is 2. The molecule has 17 nitrogen and oxygen atoms in total. The van der Waals surface area contributed by atoms with E-state index in [0.29, 0.717) is 92.6 Å². The molecule has 10 rings (SSSR count). The van der Waals surface area contributed by atoms with Crippen LogP contribution in [0.4, 0.5) is 11.5 Å². The van der Waals surface area contributed by atoms with E-state index in [9.17, 15) is 19.2 Å². The molecule has 3 atom stereocenters. The van der Waals surface area contributed by atoms with E-state index >= 15 is 4.79 Å². The highest BCUT2D eigenvalue weighted by molar-refractivity contribution is 6.25. The van der Waals surface area contributed by atoms with Gasteiger partial charge in [0.2, 0.25) is 17.7 Å². The summed E-state index contributed by atoms with van der Waals surface area (Å²) in [6, 6.07) is 21.0. The molecule has 0 radical (unpaired) electrons. The number of likely N-dealkylation sites (tertiary alicyclic amines) is 1. The van der Waals surface area contributed by atoms with Crippen molar-refractivity contribution in [2.45, 2.75) is 56.7 Å². The maximum Gasteiger partial charge on any atom is 0.264 e. The van der Waals surface area contributed by atoms with Crippen LogP contribution >= 0.6 is 0 Å². The minimum Gasteiger partial charge on any atom is -0.457 e. The highest BCUT2D eigenvalue weighted by Crippen LogP contribution is 2.42. The molecule has 4 saturated heterocycles. The van der Waals surface area contributed by atoms with Gasteiger partial charge in [-0.2, -0.15) is 5.10 Å². The molecular weight excluding hydrogens is 791 g/mol. The summed E-state index contributed by atoms with van der Waals surface area (Å²) in [4.78, 5) is 81.7. The van der Waals surface area contributed by atoms with Crippen molar-refractivity contribution in [2.75, 3.05) is 56.4 Å². The lowest BCUT2D eigenvalue weighted by molar-refractivity contribution is -0.148. The maximum atomic E-state index is 15.2. The lowest BCUT2D eigenvalue weighted by Gasteiger charge is -2.50. The van der Waals surface area contributed by atoms with E-state index in [4.69, 9.17) is 15.6 Å². The first-order valence-corrected chi connectivity index (χ1v) is 21.4. The zero-order chi connectivity index (χ0) is 42.5. The first kappa shape index (κ1) is 39.4. The monoisotopic (exact) mass is 837 g/mol. The fourth-order valence-electron chi connectivity index (χ4n) is 10.1. The van der Waals surface area contributed by atoms with Crippen LogP contribution in [0.5, 0.6) is 11.5 Å². The summed E-state index contributed by atoms with van der Waals surface area (Å²) in [5.74, 6) is -0.341. The zero-order valence-electron chi connectivity index (χ0n) is 34.1. The molecule has 17 heteroatoms. The fraction of sp³-hybridized carbons (Fsp3) is 0.378. The van der Waals surface area contributed by atoms with Gasteiger partial charge in [0.05, 0.1) is 33.7 Å². The van der Waals surface area contributed by atoms with Gasteiger partial charge in [0.1, 0.15) is 35.4 Å². The van der Waals surface area contributed by atoms with Crippen LogP contribution in [0, 0.1) is 5.41 Å². The SMILES string of the molecule is Nc1ncnc2c1c(-c1ccc(Oc3ccccc3)cc1)nn2[C@@H]1CCCN(C(=O)C2(C3CN(c4cccc5c4C(=O)N(C4CCC(=O)NC4=O)C5=O)CCN3)CCNCC2)C1. The van der Waals surface area contributed by atoms with Crippen LogP contribution in [-0.2, 0) is 14.4 Å². The van der Waals surface area contributed by atoms with E-state index in [1.165, 1.54) is 6.33 Å². The Balaban J connectivity index is 0.906.